The van der Waals surface area contributed by atoms with Crippen LogP contribution in [0.25, 0.3) is 58.2 Å². The van der Waals surface area contributed by atoms with Crippen LogP contribution in [0.1, 0.15) is 280 Å². The van der Waals surface area contributed by atoms with Gasteiger partial charge in [-0.15, -0.1) is 0 Å². The molecule has 0 aromatic heterocycles. The minimum atomic E-state index is 0.390. The van der Waals surface area contributed by atoms with Gasteiger partial charge >= 0.3 is 0 Å². The predicted octanol–water partition coefficient (Wildman–Crippen LogP) is 23.5. The first-order valence-electron chi connectivity index (χ1n) is 36.3. The quantitative estimate of drug-likeness (QED) is 0.0348. The average Bonchev–Trinajstić information content (AvgIpc) is 1.06. The summed E-state index contributed by atoms with van der Waals surface area (Å²) < 4.78 is 25.1. The van der Waals surface area contributed by atoms with Crippen LogP contribution in [0, 0.1) is 63.6 Å². The van der Waals surface area contributed by atoms with E-state index in [2.05, 4.69) is 82.3 Å². The van der Waals surface area contributed by atoms with Crippen molar-refractivity contribution in [1.82, 2.24) is 0 Å². The van der Waals surface area contributed by atoms with Gasteiger partial charge in [0, 0.05) is 26.4 Å². The largest absolute Gasteiger partial charge is 0.494 e. The lowest BCUT2D eigenvalue weighted by Gasteiger charge is -2.12. The molecule has 0 saturated heterocycles. The molecule has 0 aliphatic heterocycles. The number of nitriles is 5. The Balaban J connectivity index is 1.54. The van der Waals surface area contributed by atoms with E-state index >= 15 is 0 Å². The molecule has 0 saturated carbocycles. The summed E-state index contributed by atoms with van der Waals surface area (Å²) in [4.78, 5) is 0. The lowest BCUT2D eigenvalue weighted by molar-refractivity contribution is 0.126. The van der Waals surface area contributed by atoms with E-state index in [4.69, 9.17) is 18.9 Å². The molecular formula is C86H107N5O4. The lowest BCUT2D eigenvalue weighted by Crippen LogP contribution is -1.99. The third kappa shape index (κ3) is 28.3. The Bertz CT molecular complexity index is 3520. The Morgan fingerprint density at radius 3 is 0.874 bits per heavy atom. The van der Waals surface area contributed by atoms with Crippen LogP contribution in [0.2, 0.25) is 0 Å². The molecule has 0 atom stereocenters. The van der Waals surface area contributed by atoms with E-state index in [0.717, 1.165) is 181 Å². The van der Waals surface area contributed by atoms with E-state index in [0.29, 0.717) is 86.0 Å². The standard InChI is InChI=1S/C86H107N5O4/c1-6-10-14-16-18-20-22-32-40-94-85-58-73-51-79(61-85)84(66-91)55-72-45-69(35-27-25-31-39-93-37-29-13-9-4)46-76(50-72)81(63-88)54-71-44-68(34-26-24-30-38-92-36-28-12-8-3)47-77(49-71)82(64-89)57-74-52-78(60-86(59-74)95-41-33-23-21-19-17-15-11-7-2)83(65-90)53-70-42-67(5)43-75(48-70)80(56-73)62-87/h42-61H,6-41H2,1-5H3/b80-56?,81-54+,82-57+,83-53+,84-55+. The fourth-order valence-corrected chi connectivity index (χ4v) is 12.3. The average molecular weight is 1270 g/mol. The maximum Gasteiger partial charge on any atom is 0.120 e. The van der Waals surface area contributed by atoms with E-state index in [1.165, 1.54) is 77.0 Å². The summed E-state index contributed by atoms with van der Waals surface area (Å²) in [5, 5.41) is 55.8. The van der Waals surface area contributed by atoms with Gasteiger partial charge < -0.3 is 18.9 Å². The van der Waals surface area contributed by atoms with Crippen molar-refractivity contribution in [1.29, 1.82) is 26.3 Å². The van der Waals surface area contributed by atoms with Crippen LogP contribution in [0.3, 0.4) is 0 Å². The molecule has 500 valence electrons. The smallest absolute Gasteiger partial charge is 0.120 e. The number of fused-ring (bicyclic) bond motifs is 10. The first-order chi connectivity index (χ1) is 46.6. The van der Waals surface area contributed by atoms with Gasteiger partial charge in [-0.05, 0) is 228 Å². The molecule has 1 aliphatic carbocycles. The Labute approximate surface area is 572 Å². The van der Waals surface area contributed by atoms with E-state index in [1.807, 2.05) is 104 Å². The molecule has 0 amide bonds. The topological polar surface area (TPSA) is 156 Å². The second-order valence-corrected chi connectivity index (χ2v) is 25.9. The van der Waals surface area contributed by atoms with Crippen molar-refractivity contribution in [2.24, 2.45) is 0 Å². The lowest BCUT2D eigenvalue weighted by atomic mass is 9.92. The molecule has 9 heteroatoms. The molecule has 0 heterocycles. The summed E-state index contributed by atoms with van der Waals surface area (Å²) in [7, 11) is 0. The second-order valence-electron chi connectivity index (χ2n) is 25.9. The molecule has 5 aromatic carbocycles. The Morgan fingerprint density at radius 2 is 0.526 bits per heavy atom. The molecule has 95 heavy (non-hydrogen) atoms. The zero-order chi connectivity index (χ0) is 67.5. The summed E-state index contributed by atoms with van der Waals surface area (Å²) in [6.45, 7) is 14.9. The van der Waals surface area contributed by atoms with Gasteiger partial charge in [-0.25, -0.2) is 0 Å². The molecule has 10 bridgehead atoms. The number of nitrogens with zero attached hydrogens (tertiary/aromatic N) is 5. The van der Waals surface area contributed by atoms with Crippen LogP contribution in [0.4, 0.5) is 0 Å². The molecule has 0 fully saturated rings. The summed E-state index contributed by atoms with van der Waals surface area (Å²) in [6.07, 6.45) is 42.1. The SMILES string of the molecule is CCCCCCCCCCOc1cc2cc(c1)/C(C#N)=C/c1cc(CCCCCOCCCCC)cc(c1)/C(C#N)=C/c1cc(CCCCCOCCCCC)cc(c1)/C(C#N)=C/c1cc(OCCCCCCCCCC)cc(c1)/C(C#N)=C/c1cc(C)cc(c1)C(C#N)=C2. The fourth-order valence-electron chi connectivity index (χ4n) is 12.3. The van der Waals surface area contributed by atoms with E-state index in [9.17, 15) is 26.3 Å². The van der Waals surface area contributed by atoms with Crippen molar-refractivity contribution >= 4 is 58.2 Å². The molecule has 1 aliphatic rings. The summed E-state index contributed by atoms with van der Waals surface area (Å²) in [5.41, 5.74) is 12.1. The third-order valence-corrected chi connectivity index (χ3v) is 17.5. The van der Waals surface area contributed by atoms with Gasteiger partial charge in [-0.1, -0.05) is 193 Å². The number of unbranched alkanes of at least 4 members (excludes halogenated alkanes) is 22. The van der Waals surface area contributed by atoms with Crippen molar-refractivity contribution in [2.45, 2.75) is 227 Å². The number of benzene rings is 5. The van der Waals surface area contributed by atoms with E-state index < -0.39 is 0 Å². The highest BCUT2D eigenvalue weighted by molar-refractivity contribution is 5.98. The van der Waals surface area contributed by atoms with Gasteiger partial charge in [-0.3, -0.25) is 0 Å². The molecule has 0 N–H and O–H groups in total. The van der Waals surface area contributed by atoms with Gasteiger partial charge in [-0.2, -0.15) is 26.3 Å². The first kappa shape index (κ1) is 75.8. The maximum absolute atomic E-state index is 11.3. The zero-order valence-corrected chi connectivity index (χ0v) is 58.4. The molecule has 0 unspecified atom stereocenters. The molecule has 9 nitrogen and oxygen atoms in total. The van der Waals surface area contributed by atoms with Gasteiger partial charge in [0.1, 0.15) is 11.5 Å². The normalized spacial score (nSPS) is 14.4. The summed E-state index contributed by atoms with van der Waals surface area (Å²) in [6, 6.07) is 42.6. The molecule has 6 rings (SSSR count). The van der Waals surface area contributed by atoms with Crippen LogP contribution in [0.15, 0.2) is 91.0 Å². The number of hydrogen-bond donors (Lipinski definition) is 0. The number of ether oxygens (including phenoxy) is 4. The number of hydrogen-bond acceptors (Lipinski definition) is 9. The van der Waals surface area contributed by atoms with Gasteiger partial charge in [0.05, 0.1) is 71.4 Å². The van der Waals surface area contributed by atoms with E-state index in [-0.39, 0.29) is 0 Å². The molecule has 0 radical (unpaired) electrons. The second kappa shape index (κ2) is 45.2. The van der Waals surface area contributed by atoms with E-state index in [1.54, 1.807) is 0 Å². The Morgan fingerprint density at radius 1 is 0.263 bits per heavy atom. The minimum absolute atomic E-state index is 0.390. The van der Waals surface area contributed by atoms with Crippen molar-refractivity contribution in [3.63, 3.8) is 0 Å². The summed E-state index contributed by atoms with van der Waals surface area (Å²) in [5.74, 6) is 1.20. The van der Waals surface area contributed by atoms with Gasteiger partial charge in [0.25, 0.3) is 0 Å². The molecular weight excluding hydrogens is 1170 g/mol. The van der Waals surface area contributed by atoms with Crippen LogP contribution in [-0.4, -0.2) is 39.6 Å². The van der Waals surface area contributed by atoms with Crippen molar-refractivity contribution in [3.05, 3.63) is 163 Å². The van der Waals surface area contributed by atoms with Crippen LogP contribution >= 0.6 is 0 Å². The predicted molar refractivity (Wildman–Crippen MR) is 396 cm³/mol. The van der Waals surface area contributed by atoms with Gasteiger partial charge in [0.2, 0.25) is 0 Å². The third-order valence-electron chi connectivity index (χ3n) is 17.5. The van der Waals surface area contributed by atoms with Crippen molar-refractivity contribution in [2.75, 3.05) is 39.6 Å². The summed E-state index contributed by atoms with van der Waals surface area (Å²) >= 11 is 0. The molecule has 5 aromatic rings. The van der Waals surface area contributed by atoms with Crippen LogP contribution in [-0.2, 0) is 22.3 Å². The Kier molecular flexibility index (Phi) is 36.1. The Hall–Kier alpha value is -8.23. The van der Waals surface area contributed by atoms with Gasteiger partial charge in [0.15, 0.2) is 0 Å². The maximum atomic E-state index is 11.3. The first-order valence-corrected chi connectivity index (χ1v) is 36.3. The van der Waals surface area contributed by atoms with Crippen molar-refractivity contribution in [3.8, 4) is 41.8 Å². The molecule has 0 spiro atoms. The highest BCUT2D eigenvalue weighted by Gasteiger charge is 2.16. The van der Waals surface area contributed by atoms with Crippen LogP contribution in [0.5, 0.6) is 11.5 Å². The fraction of sp³-hybridized carbons (Fsp3) is 0.477. The highest BCUT2D eigenvalue weighted by atomic mass is 16.5. The van der Waals surface area contributed by atoms with Crippen molar-refractivity contribution < 1.29 is 18.9 Å². The van der Waals surface area contributed by atoms with Crippen LogP contribution < -0.4 is 9.47 Å². The number of aryl methyl sites for hydroxylation is 3. The number of rotatable bonds is 40. The number of allylic oxidation sites excluding steroid dienone is 5. The highest BCUT2D eigenvalue weighted by Crippen LogP contribution is 2.34. The zero-order valence-electron chi connectivity index (χ0n) is 58.4. The minimum Gasteiger partial charge on any atom is -0.494 e. The monoisotopic (exact) mass is 1270 g/mol.